The van der Waals surface area contributed by atoms with Gasteiger partial charge in [-0.05, 0) is 42.8 Å². The number of pyridine rings is 1. The van der Waals surface area contributed by atoms with Crippen molar-refractivity contribution in [2.75, 3.05) is 50.5 Å². The standard InChI is InChI=1S/C26H29N5O4/c1-19-8-10-22(23(16-19)34-2)35-25-11-9-21(17-27-25)29-26(33)31-14-12-30(13-15-31)18-24(32)28-20-6-4-3-5-7-20/h3-11,16-17H,12-15,18H2,1-2H3,(H,28,32)(H,29,33). The molecule has 3 amide bonds. The first-order valence-corrected chi connectivity index (χ1v) is 11.4. The Balaban J connectivity index is 1.23. The van der Waals surface area contributed by atoms with Crippen LogP contribution in [-0.4, -0.2) is 66.6 Å². The van der Waals surface area contributed by atoms with Gasteiger partial charge in [-0.2, -0.15) is 0 Å². The topological polar surface area (TPSA) is 96.0 Å². The lowest BCUT2D eigenvalue weighted by Crippen LogP contribution is -2.51. The zero-order valence-corrected chi connectivity index (χ0v) is 19.9. The molecule has 2 aromatic carbocycles. The van der Waals surface area contributed by atoms with Gasteiger partial charge in [0, 0.05) is 37.9 Å². The maximum absolute atomic E-state index is 12.7. The van der Waals surface area contributed by atoms with Crippen LogP contribution in [0.2, 0.25) is 0 Å². The normalized spacial score (nSPS) is 13.7. The van der Waals surface area contributed by atoms with E-state index >= 15 is 0 Å². The first-order valence-electron chi connectivity index (χ1n) is 11.4. The molecule has 0 radical (unpaired) electrons. The summed E-state index contributed by atoms with van der Waals surface area (Å²) in [5, 5.41) is 5.75. The number of carbonyl (C=O) groups excluding carboxylic acids is 2. The number of aromatic nitrogens is 1. The highest BCUT2D eigenvalue weighted by Gasteiger charge is 2.22. The average Bonchev–Trinajstić information content (AvgIpc) is 2.87. The van der Waals surface area contributed by atoms with Crippen molar-refractivity contribution in [3.05, 3.63) is 72.4 Å². The number of piperazine rings is 1. The van der Waals surface area contributed by atoms with Crippen LogP contribution in [0.1, 0.15) is 5.56 Å². The molecule has 0 bridgehead atoms. The summed E-state index contributed by atoms with van der Waals surface area (Å²) in [7, 11) is 1.59. The van der Waals surface area contributed by atoms with Crippen LogP contribution < -0.4 is 20.1 Å². The minimum absolute atomic E-state index is 0.0641. The van der Waals surface area contributed by atoms with Gasteiger partial charge in [-0.25, -0.2) is 9.78 Å². The molecule has 4 rings (SSSR count). The summed E-state index contributed by atoms with van der Waals surface area (Å²) < 4.78 is 11.2. The summed E-state index contributed by atoms with van der Waals surface area (Å²) in [5.74, 6) is 1.52. The van der Waals surface area contributed by atoms with Gasteiger partial charge in [0.25, 0.3) is 0 Å². The molecule has 1 fully saturated rings. The first kappa shape index (κ1) is 24.0. The van der Waals surface area contributed by atoms with E-state index in [4.69, 9.17) is 9.47 Å². The Labute approximate surface area is 204 Å². The molecule has 0 spiro atoms. The molecule has 0 unspecified atom stereocenters. The molecule has 0 aliphatic carbocycles. The quantitative estimate of drug-likeness (QED) is 0.537. The molecule has 9 nitrogen and oxygen atoms in total. The number of nitrogens with zero attached hydrogens (tertiary/aromatic N) is 3. The van der Waals surface area contributed by atoms with E-state index in [0.717, 1.165) is 11.3 Å². The fourth-order valence-electron chi connectivity index (χ4n) is 3.72. The second-order valence-electron chi connectivity index (χ2n) is 8.25. The van der Waals surface area contributed by atoms with Gasteiger partial charge in [-0.15, -0.1) is 0 Å². The van der Waals surface area contributed by atoms with E-state index in [2.05, 4.69) is 15.6 Å². The number of hydrogen-bond acceptors (Lipinski definition) is 6. The summed E-state index contributed by atoms with van der Waals surface area (Å²) >= 11 is 0. The lowest BCUT2D eigenvalue weighted by atomic mass is 10.2. The van der Waals surface area contributed by atoms with E-state index in [1.54, 1.807) is 30.3 Å². The molecule has 2 N–H and O–H groups in total. The second kappa shape index (κ2) is 11.3. The number of amides is 3. The zero-order chi connectivity index (χ0) is 24.6. The predicted molar refractivity (Wildman–Crippen MR) is 134 cm³/mol. The van der Waals surface area contributed by atoms with E-state index in [1.165, 1.54) is 0 Å². The number of nitrogens with one attached hydrogen (secondary N) is 2. The number of ether oxygens (including phenoxy) is 2. The first-order chi connectivity index (χ1) is 17.0. The van der Waals surface area contributed by atoms with Gasteiger partial charge in [-0.3, -0.25) is 9.69 Å². The maximum atomic E-state index is 12.7. The molecule has 35 heavy (non-hydrogen) atoms. The van der Waals surface area contributed by atoms with Crippen molar-refractivity contribution in [2.45, 2.75) is 6.92 Å². The summed E-state index contributed by atoms with van der Waals surface area (Å²) in [6.45, 7) is 4.59. The van der Waals surface area contributed by atoms with Crippen LogP contribution in [0.25, 0.3) is 0 Å². The minimum Gasteiger partial charge on any atom is -0.493 e. The fourth-order valence-corrected chi connectivity index (χ4v) is 3.72. The third-order valence-electron chi connectivity index (χ3n) is 5.61. The Hall–Kier alpha value is -4.11. The largest absolute Gasteiger partial charge is 0.493 e. The molecule has 3 aromatic rings. The van der Waals surface area contributed by atoms with Crippen LogP contribution in [0.3, 0.4) is 0 Å². The van der Waals surface area contributed by atoms with Crippen molar-refractivity contribution < 1.29 is 19.1 Å². The third-order valence-corrected chi connectivity index (χ3v) is 5.61. The summed E-state index contributed by atoms with van der Waals surface area (Å²) in [6.07, 6.45) is 1.55. The molecular formula is C26H29N5O4. The number of benzene rings is 2. The smallest absolute Gasteiger partial charge is 0.321 e. The van der Waals surface area contributed by atoms with Crippen LogP contribution in [0.5, 0.6) is 17.4 Å². The van der Waals surface area contributed by atoms with Crippen LogP contribution in [0.15, 0.2) is 66.9 Å². The van der Waals surface area contributed by atoms with Crippen LogP contribution in [0.4, 0.5) is 16.2 Å². The zero-order valence-electron chi connectivity index (χ0n) is 19.9. The van der Waals surface area contributed by atoms with Crippen LogP contribution >= 0.6 is 0 Å². The predicted octanol–water partition coefficient (Wildman–Crippen LogP) is 3.98. The van der Waals surface area contributed by atoms with Gasteiger partial charge in [0.15, 0.2) is 11.5 Å². The number of para-hydroxylation sites is 1. The summed E-state index contributed by atoms with van der Waals surface area (Å²) in [5.41, 5.74) is 2.41. The van der Waals surface area contributed by atoms with Gasteiger partial charge < -0.3 is 25.0 Å². The Morgan fingerprint density at radius 1 is 0.914 bits per heavy atom. The molecule has 1 aliphatic heterocycles. The molecule has 2 heterocycles. The lowest BCUT2D eigenvalue weighted by Gasteiger charge is -2.34. The summed E-state index contributed by atoms with van der Waals surface area (Å²) in [6, 6.07) is 18.3. The number of anilines is 2. The minimum atomic E-state index is -0.200. The van der Waals surface area contributed by atoms with Crippen molar-refractivity contribution in [3.8, 4) is 17.4 Å². The van der Waals surface area contributed by atoms with Crippen molar-refractivity contribution in [1.82, 2.24) is 14.8 Å². The van der Waals surface area contributed by atoms with Crippen LogP contribution in [0, 0.1) is 6.92 Å². The van der Waals surface area contributed by atoms with Gasteiger partial charge in [0.05, 0.1) is 25.5 Å². The Morgan fingerprint density at radius 2 is 1.69 bits per heavy atom. The van der Waals surface area contributed by atoms with Crippen molar-refractivity contribution in [2.24, 2.45) is 0 Å². The molecule has 1 aliphatic rings. The Bertz CT molecular complexity index is 1150. The molecule has 182 valence electrons. The second-order valence-corrected chi connectivity index (χ2v) is 8.25. The van der Waals surface area contributed by atoms with Gasteiger partial charge in [0.2, 0.25) is 11.8 Å². The van der Waals surface area contributed by atoms with Crippen molar-refractivity contribution >= 4 is 23.3 Å². The highest BCUT2D eigenvalue weighted by Crippen LogP contribution is 2.31. The molecule has 1 saturated heterocycles. The van der Waals surface area contributed by atoms with E-state index in [0.29, 0.717) is 55.8 Å². The molecule has 0 atom stereocenters. The van der Waals surface area contributed by atoms with E-state index in [-0.39, 0.29) is 11.9 Å². The highest BCUT2D eigenvalue weighted by atomic mass is 16.5. The SMILES string of the molecule is COc1cc(C)ccc1Oc1ccc(NC(=O)N2CCN(CC(=O)Nc3ccccc3)CC2)cn1. The fraction of sp³-hybridized carbons (Fsp3) is 0.269. The van der Waals surface area contributed by atoms with Gasteiger partial charge >= 0.3 is 6.03 Å². The van der Waals surface area contributed by atoms with Crippen molar-refractivity contribution in [3.63, 3.8) is 0 Å². The lowest BCUT2D eigenvalue weighted by molar-refractivity contribution is -0.117. The van der Waals surface area contributed by atoms with E-state index in [9.17, 15) is 9.59 Å². The molecule has 0 saturated carbocycles. The van der Waals surface area contributed by atoms with Gasteiger partial charge in [0.1, 0.15) is 0 Å². The van der Waals surface area contributed by atoms with Crippen LogP contribution in [-0.2, 0) is 4.79 Å². The van der Waals surface area contributed by atoms with Gasteiger partial charge in [-0.1, -0.05) is 24.3 Å². The number of rotatable bonds is 7. The van der Waals surface area contributed by atoms with E-state index in [1.807, 2.05) is 60.4 Å². The number of carbonyl (C=O) groups is 2. The molecular weight excluding hydrogens is 446 g/mol. The highest BCUT2D eigenvalue weighted by molar-refractivity contribution is 5.92. The number of urea groups is 1. The number of aryl methyl sites for hydroxylation is 1. The van der Waals surface area contributed by atoms with Crippen molar-refractivity contribution in [1.29, 1.82) is 0 Å². The maximum Gasteiger partial charge on any atom is 0.321 e. The van der Waals surface area contributed by atoms with E-state index < -0.39 is 0 Å². The molecule has 1 aromatic heterocycles. The number of methoxy groups -OCH3 is 1. The third kappa shape index (κ3) is 6.70. The monoisotopic (exact) mass is 475 g/mol. The number of hydrogen-bond donors (Lipinski definition) is 2. The summed E-state index contributed by atoms with van der Waals surface area (Å²) in [4.78, 5) is 33.0. The molecule has 9 heteroatoms. The Morgan fingerprint density at radius 3 is 2.37 bits per heavy atom. The Kier molecular flexibility index (Phi) is 7.79. The average molecular weight is 476 g/mol.